The van der Waals surface area contributed by atoms with E-state index in [9.17, 15) is 14.0 Å². The maximum Gasteiger partial charge on any atom is 0.310 e. The van der Waals surface area contributed by atoms with Crippen LogP contribution in [-0.4, -0.2) is 30.9 Å². The van der Waals surface area contributed by atoms with Gasteiger partial charge < -0.3 is 9.64 Å². The maximum atomic E-state index is 13.3. The van der Waals surface area contributed by atoms with Gasteiger partial charge in [-0.2, -0.15) is 0 Å². The van der Waals surface area contributed by atoms with Crippen molar-refractivity contribution < 1.29 is 18.7 Å². The second-order valence-corrected chi connectivity index (χ2v) is 6.20. The van der Waals surface area contributed by atoms with Crippen LogP contribution in [0.1, 0.15) is 24.2 Å². The lowest BCUT2D eigenvalue weighted by atomic mass is 10.0. The molecule has 132 valence electrons. The first-order valence-electron chi connectivity index (χ1n) is 8.09. The molecule has 0 aromatic heterocycles. The number of carbonyl (C=O) groups is 2. The normalized spacial score (nSPS) is 13.0. The highest BCUT2D eigenvalue weighted by atomic mass is 19.1. The molecule has 25 heavy (non-hydrogen) atoms. The van der Waals surface area contributed by atoms with E-state index in [-0.39, 0.29) is 11.7 Å². The molecule has 0 aliphatic carbocycles. The number of ether oxygens (including phenoxy) is 1. The van der Waals surface area contributed by atoms with Gasteiger partial charge in [-0.1, -0.05) is 49.4 Å². The molecule has 0 N–H and O–H groups in total. The minimum absolute atomic E-state index is 0.308. The Morgan fingerprint density at radius 3 is 2.36 bits per heavy atom. The molecule has 0 fully saturated rings. The summed E-state index contributed by atoms with van der Waals surface area (Å²) in [4.78, 5) is 26.3. The average Bonchev–Trinajstić information content (AvgIpc) is 2.59. The minimum Gasteiger partial charge on any atom is -0.447 e. The summed E-state index contributed by atoms with van der Waals surface area (Å²) in [5.74, 6) is -1.64. The van der Waals surface area contributed by atoms with Gasteiger partial charge in [0, 0.05) is 19.7 Å². The number of carbonyl (C=O) groups excluding carboxylic acids is 2. The van der Waals surface area contributed by atoms with E-state index >= 15 is 0 Å². The van der Waals surface area contributed by atoms with Crippen LogP contribution in [0.25, 0.3) is 0 Å². The summed E-state index contributed by atoms with van der Waals surface area (Å²) >= 11 is 0. The van der Waals surface area contributed by atoms with Crippen LogP contribution in [0.3, 0.4) is 0 Å². The molecular weight excluding hydrogens is 321 g/mol. The molecular formula is C20H22FNO3. The summed E-state index contributed by atoms with van der Waals surface area (Å²) in [6.45, 7) is 1.70. The fraction of sp³-hybridized carbons (Fsp3) is 0.300. The van der Waals surface area contributed by atoms with Gasteiger partial charge in [-0.25, -0.2) is 4.39 Å². The van der Waals surface area contributed by atoms with Gasteiger partial charge in [-0.05, 0) is 24.1 Å². The largest absolute Gasteiger partial charge is 0.447 e. The summed E-state index contributed by atoms with van der Waals surface area (Å²) < 4.78 is 18.8. The molecule has 0 spiro atoms. The van der Waals surface area contributed by atoms with Gasteiger partial charge in [-0.3, -0.25) is 9.59 Å². The van der Waals surface area contributed by atoms with Gasteiger partial charge in [0.25, 0.3) is 5.91 Å². The van der Waals surface area contributed by atoms with Crippen molar-refractivity contribution in [3.8, 4) is 0 Å². The van der Waals surface area contributed by atoms with Crippen LogP contribution in [0, 0.1) is 11.7 Å². The van der Waals surface area contributed by atoms with Crippen molar-refractivity contribution in [1.82, 2.24) is 4.90 Å². The lowest BCUT2D eigenvalue weighted by Crippen LogP contribution is -2.32. The van der Waals surface area contributed by atoms with E-state index in [1.165, 1.54) is 17.0 Å². The third kappa shape index (κ3) is 5.14. The number of likely N-dealkylation sites (N-methyl/N-ethyl adjacent to an activating group) is 1. The maximum absolute atomic E-state index is 13.3. The van der Waals surface area contributed by atoms with Gasteiger partial charge in [0.1, 0.15) is 5.82 Å². The van der Waals surface area contributed by atoms with Crippen LogP contribution in [0.15, 0.2) is 54.6 Å². The predicted octanol–water partition coefficient (Wildman–Crippen LogP) is 3.38. The number of rotatable bonds is 6. The van der Waals surface area contributed by atoms with Gasteiger partial charge >= 0.3 is 5.97 Å². The molecule has 2 rings (SSSR count). The summed E-state index contributed by atoms with van der Waals surface area (Å²) in [6.07, 6.45) is -0.646. The Morgan fingerprint density at radius 1 is 1.08 bits per heavy atom. The minimum atomic E-state index is -0.987. The molecule has 2 aromatic rings. The molecule has 2 unspecified atom stereocenters. The zero-order chi connectivity index (χ0) is 18.4. The van der Waals surface area contributed by atoms with E-state index in [1.54, 1.807) is 57.4 Å². The molecule has 0 saturated carbocycles. The topological polar surface area (TPSA) is 46.6 Å². The highest BCUT2D eigenvalue weighted by Gasteiger charge is 2.28. The summed E-state index contributed by atoms with van der Waals surface area (Å²) in [6, 6.07) is 15.0. The Morgan fingerprint density at radius 2 is 1.76 bits per heavy atom. The van der Waals surface area contributed by atoms with Crippen molar-refractivity contribution in [1.29, 1.82) is 0 Å². The number of benzene rings is 2. The number of nitrogens with zero attached hydrogens (tertiary/aromatic N) is 1. The number of amides is 1. The van der Waals surface area contributed by atoms with Crippen molar-refractivity contribution in [3.63, 3.8) is 0 Å². The smallest absolute Gasteiger partial charge is 0.310 e. The third-order valence-electron chi connectivity index (χ3n) is 3.83. The van der Waals surface area contributed by atoms with Crippen molar-refractivity contribution in [2.24, 2.45) is 5.92 Å². The standard InChI is InChI=1S/C20H22FNO3/c1-14(12-15-8-7-11-17(21)13-15)20(24)25-18(19(23)22(2)3)16-9-5-4-6-10-16/h4-11,13-14,18H,12H2,1-3H3. The Bertz CT molecular complexity index is 731. The van der Waals surface area contributed by atoms with Crippen molar-refractivity contribution in [2.45, 2.75) is 19.4 Å². The van der Waals surface area contributed by atoms with Crippen LogP contribution >= 0.6 is 0 Å². The molecule has 0 heterocycles. The molecule has 1 amide bonds. The van der Waals surface area contributed by atoms with Crippen LogP contribution in [-0.2, 0) is 20.7 Å². The Balaban J connectivity index is 2.12. The van der Waals surface area contributed by atoms with E-state index in [1.807, 2.05) is 6.07 Å². The van der Waals surface area contributed by atoms with Crippen LogP contribution in [0.2, 0.25) is 0 Å². The Labute approximate surface area is 147 Å². The number of hydrogen-bond acceptors (Lipinski definition) is 3. The highest BCUT2D eigenvalue weighted by Crippen LogP contribution is 2.22. The molecule has 5 heteroatoms. The monoisotopic (exact) mass is 343 g/mol. The first-order chi connectivity index (χ1) is 11.9. The Kier molecular flexibility index (Phi) is 6.28. The molecule has 0 aliphatic heterocycles. The highest BCUT2D eigenvalue weighted by molar-refractivity contribution is 5.85. The lowest BCUT2D eigenvalue weighted by molar-refractivity contribution is -0.162. The van der Waals surface area contributed by atoms with Crippen molar-refractivity contribution in [3.05, 3.63) is 71.5 Å². The SMILES string of the molecule is CC(Cc1cccc(F)c1)C(=O)OC(C(=O)N(C)C)c1ccccc1. The second kappa shape index (κ2) is 8.42. The van der Waals surface area contributed by atoms with Gasteiger partial charge in [0.2, 0.25) is 6.10 Å². The first-order valence-corrected chi connectivity index (χ1v) is 8.09. The van der Waals surface area contributed by atoms with Gasteiger partial charge in [0.15, 0.2) is 0 Å². The number of halogens is 1. The quantitative estimate of drug-likeness (QED) is 0.756. The van der Waals surface area contributed by atoms with E-state index < -0.39 is 18.0 Å². The number of hydrogen-bond donors (Lipinski definition) is 0. The molecule has 4 nitrogen and oxygen atoms in total. The zero-order valence-electron chi connectivity index (χ0n) is 14.6. The molecule has 0 aliphatic rings. The van der Waals surface area contributed by atoms with Crippen molar-refractivity contribution >= 4 is 11.9 Å². The first kappa shape index (κ1) is 18.6. The second-order valence-electron chi connectivity index (χ2n) is 6.20. The third-order valence-corrected chi connectivity index (χ3v) is 3.83. The fourth-order valence-corrected chi connectivity index (χ4v) is 2.46. The van der Waals surface area contributed by atoms with Crippen LogP contribution in [0.4, 0.5) is 4.39 Å². The Hall–Kier alpha value is -2.69. The van der Waals surface area contributed by atoms with Gasteiger partial charge in [-0.15, -0.1) is 0 Å². The summed E-state index contributed by atoms with van der Waals surface area (Å²) in [7, 11) is 3.23. The number of esters is 1. The van der Waals surface area contributed by atoms with E-state index in [0.29, 0.717) is 17.5 Å². The molecule has 0 radical (unpaired) electrons. The molecule has 2 atom stereocenters. The fourth-order valence-electron chi connectivity index (χ4n) is 2.46. The summed E-state index contributed by atoms with van der Waals surface area (Å²) in [5, 5.41) is 0. The van der Waals surface area contributed by atoms with E-state index in [0.717, 1.165) is 0 Å². The molecule has 2 aromatic carbocycles. The predicted molar refractivity (Wildman–Crippen MR) is 93.2 cm³/mol. The van der Waals surface area contributed by atoms with Gasteiger partial charge in [0.05, 0.1) is 5.92 Å². The van der Waals surface area contributed by atoms with Crippen molar-refractivity contribution in [2.75, 3.05) is 14.1 Å². The lowest BCUT2D eigenvalue weighted by Gasteiger charge is -2.23. The van der Waals surface area contributed by atoms with E-state index in [2.05, 4.69) is 0 Å². The van der Waals surface area contributed by atoms with Crippen LogP contribution < -0.4 is 0 Å². The molecule has 0 bridgehead atoms. The van der Waals surface area contributed by atoms with E-state index in [4.69, 9.17) is 4.74 Å². The molecule has 0 saturated heterocycles. The average molecular weight is 343 g/mol. The zero-order valence-corrected chi connectivity index (χ0v) is 14.6. The summed E-state index contributed by atoms with van der Waals surface area (Å²) in [5.41, 5.74) is 1.33. The van der Waals surface area contributed by atoms with Crippen LogP contribution in [0.5, 0.6) is 0 Å².